The second-order valence-electron chi connectivity index (χ2n) is 3.23. The van der Waals surface area contributed by atoms with Crippen LogP contribution in [0, 0.1) is 19.3 Å². The fourth-order valence-electron chi connectivity index (χ4n) is 1.26. The van der Waals surface area contributed by atoms with Gasteiger partial charge in [-0.1, -0.05) is 17.7 Å². The monoisotopic (exact) mass is 196 g/mol. The maximum atomic E-state index is 7.19. The molecule has 0 aliphatic rings. The molecule has 0 bridgehead atoms. The smallest absolute Gasteiger partial charge is 0.0950 e. The topological polar surface area (TPSA) is 49.9 Å². The summed E-state index contributed by atoms with van der Waals surface area (Å²) in [6, 6.07) is 3.90. The number of nitrogens with one attached hydrogen (secondary N) is 1. The molecule has 13 heavy (non-hydrogen) atoms. The van der Waals surface area contributed by atoms with Crippen LogP contribution in [0.25, 0.3) is 0 Å². The summed E-state index contributed by atoms with van der Waals surface area (Å²) >= 11 is 5.96. The summed E-state index contributed by atoms with van der Waals surface area (Å²) in [6.07, 6.45) is 0.478. The van der Waals surface area contributed by atoms with Crippen LogP contribution in [0.4, 0.5) is 0 Å². The summed E-state index contributed by atoms with van der Waals surface area (Å²) in [6.45, 7) is 3.97. The Morgan fingerprint density at radius 1 is 1.38 bits per heavy atom. The summed E-state index contributed by atoms with van der Waals surface area (Å²) in [4.78, 5) is 0. The van der Waals surface area contributed by atoms with E-state index in [0.717, 1.165) is 21.7 Å². The first-order chi connectivity index (χ1) is 6.00. The lowest BCUT2D eigenvalue weighted by Gasteiger charge is -2.07. The van der Waals surface area contributed by atoms with Gasteiger partial charge in [-0.15, -0.1) is 0 Å². The molecule has 3 N–H and O–H groups in total. The number of aryl methyl sites for hydroxylation is 2. The SMILES string of the molecule is Cc1cc(C)c(CC(=N)N)cc1Cl. The van der Waals surface area contributed by atoms with E-state index in [1.54, 1.807) is 0 Å². The van der Waals surface area contributed by atoms with Gasteiger partial charge in [0.2, 0.25) is 0 Å². The number of halogens is 1. The molecule has 0 radical (unpaired) electrons. The lowest BCUT2D eigenvalue weighted by Crippen LogP contribution is -2.13. The fourth-order valence-corrected chi connectivity index (χ4v) is 1.45. The summed E-state index contributed by atoms with van der Waals surface area (Å²) in [5.74, 6) is 0.169. The van der Waals surface area contributed by atoms with Gasteiger partial charge < -0.3 is 5.73 Å². The number of benzene rings is 1. The van der Waals surface area contributed by atoms with E-state index in [1.807, 2.05) is 26.0 Å². The van der Waals surface area contributed by atoms with E-state index in [0.29, 0.717) is 6.42 Å². The summed E-state index contributed by atoms with van der Waals surface area (Å²) in [5.41, 5.74) is 8.55. The highest BCUT2D eigenvalue weighted by Gasteiger charge is 2.03. The van der Waals surface area contributed by atoms with Crippen molar-refractivity contribution < 1.29 is 0 Å². The third kappa shape index (κ3) is 2.46. The molecule has 0 saturated carbocycles. The van der Waals surface area contributed by atoms with Crippen LogP contribution >= 0.6 is 11.6 Å². The number of amidine groups is 1. The normalized spacial score (nSPS) is 10.1. The zero-order chi connectivity index (χ0) is 10.0. The molecule has 1 rings (SSSR count). The van der Waals surface area contributed by atoms with E-state index in [2.05, 4.69) is 0 Å². The van der Waals surface area contributed by atoms with Crippen LogP contribution in [0.2, 0.25) is 5.02 Å². The molecule has 0 aliphatic heterocycles. The minimum atomic E-state index is 0.169. The first-order valence-corrected chi connectivity index (χ1v) is 4.47. The van der Waals surface area contributed by atoms with Gasteiger partial charge in [0.05, 0.1) is 5.84 Å². The van der Waals surface area contributed by atoms with Crippen molar-refractivity contribution in [1.82, 2.24) is 0 Å². The lowest BCUT2D eigenvalue weighted by molar-refractivity contribution is 1.19. The molecule has 0 aromatic heterocycles. The standard InChI is InChI=1S/C10H13ClN2/c1-6-3-7(2)9(11)4-8(6)5-10(12)13/h3-4H,5H2,1-2H3,(H3,12,13). The molecule has 0 atom stereocenters. The van der Waals surface area contributed by atoms with Gasteiger partial charge in [-0.3, -0.25) is 5.41 Å². The van der Waals surface area contributed by atoms with E-state index in [4.69, 9.17) is 22.7 Å². The van der Waals surface area contributed by atoms with E-state index < -0.39 is 0 Å². The number of rotatable bonds is 2. The van der Waals surface area contributed by atoms with Crippen molar-refractivity contribution in [3.63, 3.8) is 0 Å². The van der Waals surface area contributed by atoms with Crippen LogP contribution < -0.4 is 5.73 Å². The summed E-state index contributed by atoms with van der Waals surface area (Å²) < 4.78 is 0. The van der Waals surface area contributed by atoms with Crippen LogP contribution in [0.1, 0.15) is 16.7 Å². The van der Waals surface area contributed by atoms with E-state index in [9.17, 15) is 0 Å². The van der Waals surface area contributed by atoms with Gasteiger partial charge in [-0.25, -0.2) is 0 Å². The van der Waals surface area contributed by atoms with Gasteiger partial charge in [0.1, 0.15) is 0 Å². The van der Waals surface area contributed by atoms with Crippen LogP contribution in [0.15, 0.2) is 12.1 Å². The summed E-state index contributed by atoms with van der Waals surface area (Å²) in [7, 11) is 0. The Kier molecular flexibility index (Phi) is 2.94. The third-order valence-corrected chi connectivity index (χ3v) is 2.41. The second kappa shape index (κ2) is 3.79. The van der Waals surface area contributed by atoms with Crippen molar-refractivity contribution in [2.45, 2.75) is 20.3 Å². The molecule has 0 amide bonds. The molecule has 0 fully saturated rings. The zero-order valence-electron chi connectivity index (χ0n) is 7.82. The molecule has 3 heteroatoms. The highest BCUT2D eigenvalue weighted by atomic mass is 35.5. The van der Waals surface area contributed by atoms with Gasteiger partial charge in [-0.2, -0.15) is 0 Å². The molecule has 0 saturated heterocycles. The largest absolute Gasteiger partial charge is 0.387 e. The molecular weight excluding hydrogens is 184 g/mol. The average molecular weight is 197 g/mol. The minimum Gasteiger partial charge on any atom is -0.387 e. The van der Waals surface area contributed by atoms with E-state index in [-0.39, 0.29) is 5.84 Å². The van der Waals surface area contributed by atoms with Crippen molar-refractivity contribution in [2.24, 2.45) is 5.73 Å². The Bertz CT molecular complexity index is 345. The first kappa shape index (κ1) is 10.1. The fraction of sp³-hybridized carbons (Fsp3) is 0.300. The van der Waals surface area contributed by atoms with Gasteiger partial charge in [-0.05, 0) is 36.6 Å². The molecule has 1 aromatic rings. The highest BCUT2D eigenvalue weighted by molar-refractivity contribution is 6.31. The van der Waals surface area contributed by atoms with Crippen LogP contribution in [0.5, 0.6) is 0 Å². The van der Waals surface area contributed by atoms with Crippen LogP contribution in [-0.4, -0.2) is 5.84 Å². The Balaban J connectivity index is 3.08. The first-order valence-electron chi connectivity index (χ1n) is 4.09. The Hall–Kier alpha value is -1.02. The Morgan fingerprint density at radius 3 is 2.54 bits per heavy atom. The van der Waals surface area contributed by atoms with Crippen molar-refractivity contribution in [3.8, 4) is 0 Å². The van der Waals surface area contributed by atoms with Crippen LogP contribution in [-0.2, 0) is 6.42 Å². The maximum absolute atomic E-state index is 7.19. The van der Waals surface area contributed by atoms with Crippen molar-refractivity contribution >= 4 is 17.4 Å². The van der Waals surface area contributed by atoms with E-state index in [1.165, 1.54) is 0 Å². The predicted octanol–water partition coefficient (Wildman–Crippen LogP) is 2.44. The molecule has 1 aromatic carbocycles. The van der Waals surface area contributed by atoms with Crippen molar-refractivity contribution in [3.05, 3.63) is 33.8 Å². The van der Waals surface area contributed by atoms with Crippen molar-refractivity contribution in [2.75, 3.05) is 0 Å². The zero-order valence-corrected chi connectivity index (χ0v) is 8.57. The highest BCUT2D eigenvalue weighted by Crippen LogP contribution is 2.20. The molecule has 70 valence electrons. The van der Waals surface area contributed by atoms with Gasteiger partial charge in [0, 0.05) is 11.4 Å². The molecule has 0 unspecified atom stereocenters. The predicted molar refractivity (Wildman–Crippen MR) is 56.5 cm³/mol. The Morgan fingerprint density at radius 2 is 2.00 bits per heavy atom. The van der Waals surface area contributed by atoms with Gasteiger partial charge in [0.15, 0.2) is 0 Å². The number of nitrogens with two attached hydrogens (primary N) is 1. The summed E-state index contributed by atoms with van der Waals surface area (Å²) in [5, 5.41) is 7.93. The second-order valence-corrected chi connectivity index (χ2v) is 3.64. The van der Waals surface area contributed by atoms with Crippen molar-refractivity contribution in [1.29, 1.82) is 5.41 Å². The average Bonchev–Trinajstić information content (AvgIpc) is 1.99. The molecule has 0 spiro atoms. The third-order valence-electron chi connectivity index (χ3n) is 2.00. The lowest BCUT2D eigenvalue weighted by atomic mass is 10.0. The molecule has 2 nitrogen and oxygen atoms in total. The number of hydrogen-bond acceptors (Lipinski definition) is 1. The molecular formula is C10H13ClN2. The number of hydrogen-bond donors (Lipinski definition) is 2. The molecule has 0 aliphatic carbocycles. The van der Waals surface area contributed by atoms with Crippen LogP contribution in [0.3, 0.4) is 0 Å². The quantitative estimate of drug-likeness (QED) is 0.554. The van der Waals surface area contributed by atoms with Gasteiger partial charge >= 0.3 is 0 Å². The Labute approximate surface area is 83.2 Å². The minimum absolute atomic E-state index is 0.169. The van der Waals surface area contributed by atoms with Gasteiger partial charge in [0.25, 0.3) is 0 Å². The van der Waals surface area contributed by atoms with E-state index >= 15 is 0 Å². The maximum Gasteiger partial charge on any atom is 0.0950 e. The molecule has 0 heterocycles.